The van der Waals surface area contributed by atoms with E-state index in [9.17, 15) is 19.7 Å². The van der Waals surface area contributed by atoms with Gasteiger partial charge in [-0.1, -0.05) is 12.1 Å². The van der Waals surface area contributed by atoms with Gasteiger partial charge in [-0.3, -0.25) is 14.9 Å². The first-order valence-corrected chi connectivity index (χ1v) is 6.09. The number of benzene rings is 1. The van der Waals surface area contributed by atoms with Crippen molar-refractivity contribution in [1.82, 2.24) is 5.32 Å². The molecule has 0 radical (unpaired) electrons. The number of nitrogens with one attached hydrogen (secondary N) is 1. The number of halogens is 1. The predicted molar refractivity (Wildman–Crippen MR) is 71.3 cm³/mol. The van der Waals surface area contributed by atoms with E-state index in [0.29, 0.717) is 0 Å². The Morgan fingerprint density at radius 2 is 2.15 bits per heavy atom. The summed E-state index contributed by atoms with van der Waals surface area (Å²) in [4.78, 5) is 33.6. The van der Waals surface area contributed by atoms with Gasteiger partial charge < -0.3 is 10.1 Å². The van der Waals surface area contributed by atoms with Crippen molar-refractivity contribution < 1.29 is 19.2 Å². The van der Waals surface area contributed by atoms with Crippen LogP contribution >= 0.6 is 11.6 Å². The predicted octanol–water partition coefficient (Wildman–Crippen LogP) is 1.34. The highest BCUT2D eigenvalue weighted by molar-refractivity contribution is 6.27. The first-order chi connectivity index (χ1) is 9.35. The molecule has 108 valence electrons. The lowest BCUT2D eigenvalue weighted by Crippen LogP contribution is -2.50. The number of carbonyl (C=O) groups is 2. The molecule has 0 spiro atoms. The zero-order valence-corrected chi connectivity index (χ0v) is 11.6. The highest BCUT2D eigenvalue weighted by atomic mass is 35.5. The lowest BCUT2D eigenvalue weighted by atomic mass is 9.91. The van der Waals surface area contributed by atoms with Gasteiger partial charge in [-0.05, 0) is 12.5 Å². The Morgan fingerprint density at radius 1 is 1.50 bits per heavy atom. The number of methoxy groups -OCH3 is 1. The molecule has 1 amide bonds. The van der Waals surface area contributed by atoms with Crippen molar-refractivity contribution >= 4 is 29.2 Å². The third-order valence-electron chi connectivity index (χ3n) is 2.74. The van der Waals surface area contributed by atoms with Crippen molar-refractivity contribution in [3.05, 3.63) is 39.9 Å². The molecule has 7 nitrogen and oxygen atoms in total. The average Bonchev–Trinajstić information content (AvgIpc) is 2.45. The first kappa shape index (κ1) is 15.9. The molecule has 0 aromatic heterocycles. The quantitative estimate of drug-likeness (QED) is 0.383. The van der Waals surface area contributed by atoms with Crippen LogP contribution in [0.4, 0.5) is 5.69 Å². The molecule has 0 saturated carbocycles. The minimum atomic E-state index is -1.55. The Balaban J connectivity index is 3.30. The number of nitro benzene ring substituents is 1. The number of amides is 1. The van der Waals surface area contributed by atoms with Gasteiger partial charge in [0.2, 0.25) is 5.91 Å². The van der Waals surface area contributed by atoms with Crippen LogP contribution < -0.4 is 5.32 Å². The summed E-state index contributed by atoms with van der Waals surface area (Å²) in [6.45, 7) is 1.39. The van der Waals surface area contributed by atoms with E-state index in [0.717, 1.165) is 7.11 Å². The summed E-state index contributed by atoms with van der Waals surface area (Å²) in [7, 11) is 1.16. The second-order valence-electron chi connectivity index (χ2n) is 4.11. The molecule has 1 N–H and O–H groups in total. The second kappa shape index (κ2) is 6.33. The van der Waals surface area contributed by atoms with Crippen LogP contribution in [0.2, 0.25) is 0 Å². The Morgan fingerprint density at radius 3 is 2.65 bits per heavy atom. The van der Waals surface area contributed by atoms with E-state index in [-0.39, 0.29) is 17.1 Å². The topological polar surface area (TPSA) is 98.5 Å². The molecule has 1 unspecified atom stereocenters. The largest absolute Gasteiger partial charge is 0.467 e. The summed E-state index contributed by atoms with van der Waals surface area (Å²) in [5, 5.41) is 13.2. The number of hydrogen-bond acceptors (Lipinski definition) is 5. The molecule has 0 saturated heterocycles. The summed E-state index contributed by atoms with van der Waals surface area (Å²) in [5.41, 5.74) is -1.51. The van der Waals surface area contributed by atoms with Crippen LogP contribution in [0.15, 0.2) is 24.3 Å². The van der Waals surface area contributed by atoms with Gasteiger partial charge in [0, 0.05) is 12.1 Å². The van der Waals surface area contributed by atoms with Crippen LogP contribution in [0, 0.1) is 10.1 Å². The molecule has 0 heterocycles. The maximum absolute atomic E-state index is 11.9. The van der Waals surface area contributed by atoms with Gasteiger partial charge in [0.1, 0.15) is 5.88 Å². The van der Waals surface area contributed by atoms with Crippen molar-refractivity contribution in [2.24, 2.45) is 0 Å². The molecule has 0 aliphatic heterocycles. The molecular formula is C12H13ClN2O5. The summed E-state index contributed by atoms with van der Waals surface area (Å²) < 4.78 is 4.65. The van der Waals surface area contributed by atoms with E-state index < -0.39 is 22.3 Å². The van der Waals surface area contributed by atoms with Gasteiger partial charge >= 0.3 is 5.97 Å². The highest BCUT2D eigenvalue weighted by Gasteiger charge is 2.38. The lowest BCUT2D eigenvalue weighted by molar-refractivity contribution is -0.385. The smallest absolute Gasteiger partial charge is 0.336 e. The van der Waals surface area contributed by atoms with Crippen molar-refractivity contribution in [2.75, 3.05) is 13.0 Å². The number of esters is 1. The Bertz CT molecular complexity index is 548. The van der Waals surface area contributed by atoms with Crippen LogP contribution in [0.1, 0.15) is 12.5 Å². The van der Waals surface area contributed by atoms with Crippen molar-refractivity contribution in [2.45, 2.75) is 12.5 Å². The average molecular weight is 301 g/mol. The minimum absolute atomic E-state index is 0.197. The van der Waals surface area contributed by atoms with E-state index in [1.54, 1.807) is 0 Å². The van der Waals surface area contributed by atoms with Crippen LogP contribution in [-0.2, 0) is 19.9 Å². The normalized spacial score (nSPS) is 13.2. The number of alkyl halides is 1. The third kappa shape index (κ3) is 3.24. The third-order valence-corrected chi connectivity index (χ3v) is 2.98. The second-order valence-corrected chi connectivity index (χ2v) is 4.37. The van der Waals surface area contributed by atoms with Gasteiger partial charge in [0.05, 0.1) is 12.0 Å². The molecule has 1 aromatic rings. The molecule has 1 atom stereocenters. The van der Waals surface area contributed by atoms with Crippen molar-refractivity contribution in [1.29, 1.82) is 0 Å². The summed E-state index contributed by atoms with van der Waals surface area (Å²) in [5.74, 6) is -1.69. The van der Waals surface area contributed by atoms with Gasteiger partial charge in [0.15, 0.2) is 5.54 Å². The van der Waals surface area contributed by atoms with Crippen molar-refractivity contribution in [3.8, 4) is 0 Å². The van der Waals surface area contributed by atoms with E-state index in [4.69, 9.17) is 11.6 Å². The molecule has 0 aliphatic carbocycles. The van der Waals surface area contributed by atoms with Gasteiger partial charge in [-0.25, -0.2) is 4.79 Å². The number of hydrogen-bond donors (Lipinski definition) is 1. The van der Waals surface area contributed by atoms with Crippen LogP contribution in [0.25, 0.3) is 0 Å². The fourth-order valence-electron chi connectivity index (χ4n) is 1.69. The molecule has 0 bridgehead atoms. The Kier molecular flexibility index (Phi) is 5.04. The van der Waals surface area contributed by atoms with E-state index in [1.165, 1.54) is 31.2 Å². The van der Waals surface area contributed by atoms with Crippen molar-refractivity contribution in [3.63, 3.8) is 0 Å². The first-order valence-electron chi connectivity index (χ1n) is 5.55. The standard InChI is InChI=1S/C12H13ClN2O5/c1-12(11(17)20-2,14-10(16)7-13)8-4-3-5-9(6-8)15(18)19/h3-6H,7H2,1-2H3,(H,14,16). The summed E-state index contributed by atoms with van der Waals surface area (Å²) >= 11 is 5.40. The molecule has 0 aliphatic rings. The van der Waals surface area contributed by atoms with E-state index in [1.807, 2.05) is 0 Å². The molecule has 20 heavy (non-hydrogen) atoms. The zero-order valence-electron chi connectivity index (χ0n) is 10.9. The van der Waals surface area contributed by atoms with Gasteiger partial charge in [-0.2, -0.15) is 0 Å². The number of nitrogens with zero attached hydrogens (tertiary/aromatic N) is 1. The fraction of sp³-hybridized carbons (Fsp3) is 0.333. The molecule has 8 heteroatoms. The highest BCUT2D eigenvalue weighted by Crippen LogP contribution is 2.26. The number of carbonyl (C=O) groups excluding carboxylic acids is 2. The Labute approximate surface area is 120 Å². The number of ether oxygens (including phenoxy) is 1. The van der Waals surface area contributed by atoms with Crippen LogP contribution in [0.3, 0.4) is 0 Å². The zero-order chi connectivity index (χ0) is 15.3. The Hall–Kier alpha value is -2.15. The summed E-state index contributed by atoms with van der Waals surface area (Å²) in [6.07, 6.45) is 0. The minimum Gasteiger partial charge on any atom is -0.467 e. The molecule has 0 fully saturated rings. The lowest BCUT2D eigenvalue weighted by Gasteiger charge is -2.27. The maximum Gasteiger partial charge on any atom is 0.336 e. The molecule has 1 aromatic carbocycles. The summed E-state index contributed by atoms with van der Waals surface area (Å²) in [6, 6.07) is 5.38. The SMILES string of the molecule is COC(=O)C(C)(NC(=O)CCl)c1cccc([N+](=O)[O-])c1. The maximum atomic E-state index is 11.9. The van der Waals surface area contributed by atoms with E-state index >= 15 is 0 Å². The number of non-ortho nitro benzene ring substituents is 1. The monoisotopic (exact) mass is 300 g/mol. The fourth-order valence-corrected chi connectivity index (χ4v) is 1.75. The van der Waals surface area contributed by atoms with Crippen LogP contribution in [-0.4, -0.2) is 29.8 Å². The van der Waals surface area contributed by atoms with Gasteiger partial charge in [-0.15, -0.1) is 11.6 Å². The van der Waals surface area contributed by atoms with E-state index in [2.05, 4.69) is 10.1 Å². The molecular weight excluding hydrogens is 288 g/mol. The number of nitro groups is 1. The molecule has 1 rings (SSSR count). The van der Waals surface area contributed by atoms with Crippen LogP contribution in [0.5, 0.6) is 0 Å². The van der Waals surface area contributed by atoms with Gasteiger partial charge in [0.25, 0.3) is 5.69 Å². The number of rotatable bonds is 5.